The minimum absolute atomic E-state index is 0.548. The third-order valence-corrected chi connectivity index (χ3v) is 5.26. The summed E-state index contributed by atoms with van der Waals surface area (Å²) in [7, 11) is 1.69. The summed E-state index contributed by atoms with van der Waals surface area (Å²) in [5.74, 6) is 3.29. The van der Waals surface area contributed by atoms with Crippen LogP contribution < -0.4 is 4.74 Å². The summed E-state index contributed by atoms with van der Waals surface area (Å²) in [5, 5.41) is 4.68. The van der Waals surface area contributed by atoms with Gasteiger partial charge in [-0.1, -0.05) is 25.5 Å². The van der Waals surface area contributed by atoms with Crippen molar-refractivity contribution in [3.8, 4) is 11.4 Å². The Hall–Kier alpha value is -2.89. The Kier molecular flexibility index (Phi) is 5.28. The Morgan fingerprint density at radius 2 is 2.18 bits per heavy atom. The van der Waals surface area contributed by atoms with Gasteiger partial charge in [-0.15, -0.1) is 0 Å². The number of hydrogen-bond donors (Lipinski definition) is 0. The van der Waals surface area contributed by atoms with E-state index in [2.05, 4.69) is 27.8 Å². The van der Waals surface area contributed by atoms with Gasteiger partial charge in [0.25, 0.3) is 0 Å². The summed E-state index contributed by atoms with van der Waals surface area (Å²) in [6, 6.07) is 6.14. The van der Waals surface area contributed by atoms with Crippen LogP contribution in [0.3, 0.4) is 0 Å². The van der Waals surface area contributed by atoms with Crippen LogP contribution in [0.25, 0.3) is 17.8 Å². The third-order valence-electron chi connectivity index (χ3n) is 5.26. The largest absolute Gasteiger partial charge is 0.495 e. The predicted molar refractivity (Wildman–Crippen MR) is 111 cm³/mol. The first-order valence-electron chi connectivity index (χ1n) is 9.99. The molecule has 0 amide bonds. The molecule has 2 aromatic heterocycles. The molecule has 3 heterocycles. The van der Waals surface area contributed by atoms with E-state index in [1.807, 2.05) is 42.0 Å². The van der Waals surface area contributed by atoms with Gasteiger partial charge < -0.3 is 9.30 Å². The fourth-order valence-electron chi connectivity index (χ4n) is 3.88. The smallest absolute Gasteiger partial charge is 0.174 e. The number of aromatic nitrogens is 5. The summed E-state index contributed by atoms with van der Waals surface area (Å²) in [4.78, 5) is 9.09. The Morgan fingerprint density at radius 1 is 1.29 bits per heavy atom. The quantitative estimate of drug-likeness (QED) is 0.628. The average Bonchev–Trinajstić information content (AvgIpc) is 3.33. The normalized spacial score (nSPS) is 16.5. The first kappa shape index (κ1) is 18.5. The van der Waals surface area contributed by atoms with Crippen LogP contribution in [0, 0.1) is 6.92 Å². The molecule has 146 valence electrons. The lowest BCUT2D eigenvalue weighted by atomic mass is 9.95. The van der Waals surface area contributed by atoms with Gasteiger partial charge in [-0.2, -0.15) is 5.10 Å². The van der Waals surface area contributed by atoms with Crippen LogP contribution in [0.2, 0.25) is 0 Å². The highest BCUT2D eigenvalue weighted by molar-refractivity contribution is 5.69. The van der Waals surface area contributed by atoms with E-state index in [4.69, 9.17) is 9.72 Å². The molecule has 6 heteroatoms. The van der Waals surface area contributed by atoms with Crippen LogP contribution in [0.4, 0.5) is 0 Å². The minimum Gasteiger partial charge on any atom is -0.495 e. The summed E-state index contributed by atoms with van der Waals surface area (Å²) < 4.78 is 9.66. The highest BCUT2D eigenvalue weighted by atomic mass is 16.5. The number of ether oxygens (including phenoxy) is 1. The molecule has 1 unspecified atom stereocenters. The lowest BCUT2D eigenvalue weighted by Crippen LogP contribution is -2.16. The van der Waals surface area contributed by atoms with Crippen molar-refractivity contribution >= 4 is 12.2 Å². The average molecular weight is 377 g/mol. The van der Waals surface area contributed by atoms with E-state index in [9.17, 15) is 0 Å². The Bertz CT molecular complexity index is 985. The molecule has 3 aromatic rings. The molecule has 0 bridgehead atoms. The minimum atomic E-state index is 0.548. The molecular weight excluding hydrogens is 350 g/mol. The summed E-state index contributed by atoms with van der Waals surface area (Å²) in [5.41, 5.74) is 3.00. The number of fused-ring (bicyclic) bond motifs is 1. The monoisotopic (exact) mass is 377 g/mol. The zero-order valence-electron chi connectivity index (χ0n) is 16.8. The van der Waals surface area contributed by atoms with Crippen molar-refractivity contribution in [2.75, 3.05) is 7.11 Å². The van der Waals surface area contributed by atoms with Gasteiger partial charge in [0.15, 0.2) is 5.82 Å². The summed E-state index contributed by atoms with van der Waals surface area (Å²) in [6.45, 7) is 5.18. The molecule has 0 aliphatic carbocycles. The van der Waals surface area contributed by atoms with Crippen molar-refractivity contribution in [3.63, 3.8) is 0 Å². The first-order chi connectivity index (χ1) is 13.7. The SMILES string of the molecule is CCCC1CCCn2nc(/C=C/c3ccc(-n4cnc(C)c4)c(OC)c3)nc21. The van der Waals surface area contributed by atoms with E-state index in [0.717, 1.165) is 40.9 Å². The molecule has 0 radical (unpaired) electrons. The number of imidazole rings is 1. The topological polar surface area (TPSA) is 57.8 Å². The van der Waals surface area contributed by atoms with Gasteiger partial charge in [-0.3, -0.25) is 0 Å². The zero-order valence-corrected chi connectivity index (χ0v) is 16.8. The van der Waals surface area contributed by atoms with E-state index in [1.165, 1.54) is 25.7 Å². The van der Waals surface area contributed by atoms with Crippen LogP contribution >= 0.6 is 0 Å². The maximum Gasteiger partial charge on any atom is 0.174 e. The van der Waals surface area contributed by atoms with Crippen molar-refractivity contribution in [3.05, 3.63) is 53.6 Å². The Labute approximate surface area is 165 Å². The first-order valence-corrected chi connectivity index (χ1v) is 9.99. The molecule has 0 saturated heterocycles. The van der Waals surface area contributed by atoms with Crippen LogP contribution in [-0.4, -0.2) is 31.4 Å². The molecule has 0 N–H and O–H groups in total. The zero-order chi connectivity index (χ0) is 19.5. The van der Waals surface area contributed by atoms with Crippen LogP contribution in [0.1, 0.15) is 61.4 Å². The molecule has 1 aliphatic rings. The number of aryl methyl sites for hydroxylation is 2. The fourth-order valence-corrected chi connectivity index (χ4v) is 3.88. The number of methoxy groups -OCH3 is 1. The number of nitrogens with zero attached hydrogens (tertiary/aromatic N) is 5. The van der Waals surface area contributed by atoms with Crippen molar-refractivity contribution in [2.24, 2.45) is 0 Å². The van der Waals surface area contributed by atoms with Crippen molar-refractivity contribution in [1.29, 1.82) is 0 Å². The highest BCUT2D eigenvalue weighted by Gasteiger charge is 2.22. The lowest BCUT2D eigenvalue weighted by molar-refractivity contribution is 0.398. The predicted octanol–water partition coefficient (Wildman–Crippen LogP) is 4.63. The van der Waals surface area contributed by atoms with Crippen molar-refractivity contribution in [2.45, 2.75) is 52.0 Å². The summed E-state index contributed by atoms with van der Waals surface area (Å²) >= 11 is 0. The second-order valence-electron chi connectivity index (χ2n) is 7.37. The van der Waals surface area contributed by atoms with E-state index < -0.39 is 0 Å². The number of rotatable bonds is 6. The van der Waals surface area contributed by atoms with E-state index in [0.29, 0.717) is 5.92 Å². The lowest BCUT2D eigenvalue weighted by Gasteiger charge is -2.21. The second-order valence-corrected chi connectivity index (χ2v) is 7.37. The molecule has 4 rings (SSSR count). The molecule has 0 fully saturated rings. The van der Waals surface area contributed by atoms with Crippen molar-refractivity contribution < 1.29 is 4.74 Å². The molecule has 6 nitrogen and oxygen atoms in total. The fraction of sp³-hybridized carbons (Fsp3) is 0.409. The molecule has 1 aliphatic heterocycles. The standard InChI is InChI=1S/C22H27N5O/c1-4-6-18-7-5-12-27-22(18)24-21(25-27)11-9-17-8-10-19(20(13-17)28-3)26-14-16(2)23-15-26/h8-11,13-15,18H,4-7,12H2,1-3H3/b11-9+. The molecule has 1 atom stereocenters. The highest BCUT2D eigenvalue weighted by Crippen LogP contribution is 2.30. The van der Waals surface area contributed by atoms with Crippen LogP contribution in [0.15, 0.2) is 30.7 Å². The van der Waals surface area contributed by atoms with E-state index in [-0.39, 0.29) is 0 Å². The van der Waals surface area contributed by atoms with Gasteiger partial charge in [0.2, 0.25) is 0 Å². The van der Waals surface area contributed by atoms with Crippen LogP contribution in [0.5, 0.6) is 5.75 Å². The number of hydrogen-bond acceptors (Lipinski definition) is 4. The molecular formula is C22H27N5O. The van der Waals surface area contributed by atoms with Gasteiger partial charge in [-0.05, 0) is 50.0 Å². The number of benzene rings is 1. The maximum absolute atomic E-state index is 5.59. The Morgan fingerprint density at radius 3 is 2.93 bits per heavy atom. The van der Waals surface area contributed by atoms with Gasteiger partial charge in [0.1, 0.15) is 11.6 Å². The van der Waals surface area contributed by atoms with Crippen LogP contribution in [-0.2, 0) is 6.54 Å². The van der Waals surface area contributed by atoms with E-state index >= 15 is 0 Å². The molecule has 1 aromatic carbocycles. The van der Waals surface area contributed by atoms with E-state index in [1.54, 1.807) is 13.4 Å². The molecule has 0 spiro atoms. The van der Waals surface area contributed by atoms with Gasteiger partial charge in [0, 0.05) is 18.7 Å². The van der Waals surface area contributed by atoms with Gasteiger partial charge in [0.05, 0.1) is 24.8 Å². The third kappa shape index (κ3) is 3.72. The van der Waals surface area contributed by atoms with Gasteiger partial charge in [-0.25, -0.2) is 14.6 Å². The second kappa shape index (κ2) is 8.00. The van der Waals surface area contributed by atoms with Crippen molar-refractivity contribution in [1.82, 2.24) is 24.3 Å². The summed E-state index contributed by atoms with van der Waals surface area (Å²) in [6.07, 6.45) is 12.6. The van der Waals surface area contributed by atoms with Gasteiger partial charge >= 0.3 is 0 Å². The maximum atomic E-state index is 5.59. The molecule has 0 saturated carbocycles. The molecule has 28 heavy (non-hydrogen) atoms. The Balaban J connectivity index is 1.57.